The highest BCUT2D eigenvalue weighted by atomic mass is 16.5. The molecule has 5 atom stereocenters. The molecule has 3 aliphatic rings. The molecule has 3 aromatic rings. The third-order valence-electron chi connectivity index (χ3n) is 7.48. The van der Waals surface area contributed by atoms with Gasteiger partial charge in [0.1, 0.15) is 17.8 Å². The van der Waals surface area contributed by atoms with Gasteiger partial charge in [0.05, 0.1) is 22.6 Å². The summed E-state index contributed by atoms with van der Waals surface area (Å²) in [5, 5.41) is 18.5. The Morgan fingerprint density at radius 2 is 1.83 bits per heavy atom. The quantitative estimate of drug-likeness (QED) is 0.512. The molecule has 0 spiro atoms. The maximum absolute atomic E-state index is 13.7. The van der Waals surface area contributed by atoms with Crippen molar-refractivity contribution < 1.29 is 19.4 Å². The highest BCUT2D eigenvalue weighted by Crippen LogP contribution is 2.49. The van der Waals surface area contributed by atoms with Crippen LogP contribution < -0.4 is 21.1 Å². The van der Waals surface area contributed by atoms with Crippen molar-refractivity contribution in [2.45, 2.75) is 49.8 Å². The molecule has 0 bridgehead atoms. The number of rotatable bonds is 3. The smallest absolute Gasteiger partial charge is 0.262 e. The summed E-state index contributed by atoms with van der Waals surface area (Å²) in [6.45, 7) is 3.37. The number of nitrogens with one attached hydrogen (secondary N) is 2. The van der Waals surface area contributed by atoms with Crippen LogP contribution in [0.15, 0.2) is 53.3 Å². The Labute approximate surface area is 200 Å². The van der Waals surface area contributed by atoms with E-state index in [9.17, 15) is 19.5 Å². The predicted molar refractivity (Wildman–Crippen MR) is 126 cm³/mol. The number of amides is 2. The Kier molecular flexibility index (Phi) is 4.51. The zero-order valence-electron chi connectivity index (χ0n) is 19.5. The van der Waals surface area contributed by atoms with Crippen LogP contribution in [0, 0.1) is 0 Å². The molecule has 3 aliphatic heterocycles. The van der Waals surface area contributed by atoms with E-state index in [0.717, 1.165) is 0 Å². The Morgan fingerprint density at radius 3 is 2.60 bits per heavy atom. The summed E-state index contributed by atoms with van der Waals surface area (Å²) in [5.74, 6) is -0.407. The van der Waals surface area contributed by atoms with E-state index < -0.39 is 41.0 Å². The van der Waals surface area contributed by atoms with Crippen molar-refractivity contribution in [3.05, 3.63) is 70.3 Å². The lowest BCUT2D eigenvalue weighted by atomic mass is 9.85. The summed E-state index contributed by atoms with van der Waals surface area (Å²) in [7, 11) is 1.43. The molecule has 10 heteroatoms. The first kappa shape index (κ1) is 21.9. The van der Waals surface area contributed by atoms with Crippen LogP contribution in [-0.2, 0) is 25.7 Å². The van der Waals surface area contributed by atoms with Gasteiger partial charge in [-0.2, -0.15) is 0 Å². The number of para-hydroxylation sites is 2. The molecule has 3 N–H and O–H groups in total. The second-order valence-corrected chi connectivity index (χ2v) is 9.51. The molecule has 6 rings (SSSR count). The highest BCUT2D eigenvalue weighted by molar-refractivity contribution is 6.02. The van der Waals surface area contributed by atoms with Crippen molar-refractivity contribution in [1.82, 2.24) is 20.2 Å². The van der Waals surface area contributed by atoms with Crippen LogP contribution in [0.4, 0.5) is 5.69 Å². The molecule has 35 heavy (non-hydrogen) atoms. The number of carbonyl (C=O) groups is 2. The number of ether oxygens (including phenoxy) is 1. The van der Waals surface area contributed by atoms with E-state index in [1.54, 1.807) is 67.3 Å². The van der Waals surface area contributed by atoms with E-state index in [-0.39, 0.29) is 18.2 Å². The molecule has 2 aromatic carbocycles. The minimum absolute atomic E-state index is 0.156. The van der Waals surface area contributed by atoms with Gasteiger partial charge in [-0.1, -0.05) is 30.3 Å². The third-order valence-corrected chi connectivity index (χ3v) is 7.48. The second-order valence-electron chi connectivity index (χ2n) is 9.51. The SMILES string of the molecule is COC1(C)NC(=O)C(C[C@]2(O)c3ccccc3N3C(=O)C(C)N[C@@H]32)n2c1nc1ccccc1c2=O. The van der Waals surface area contributed by atoms with Crippen LogP contribution in [0.2, 0.25) is 0 Å². The number of methoxy groups -OCH3 is 1. The zero-order chi connectivity index (χ0) is 24.7. The van der Waals surface area contributed by atoms with Gasteiger partial charge < -0.3 is 15.2 Å². The molecule has 4 heterocycles. The van der Waals surface area contributed by atoms with Crippen LogP contribution in [-0.4, -0.2) is 45.8 Å². The Morgan fingerprint density at radius 1 is 1.11 bits per heavy atom. The zero-order valence-corrected chi connectivity index (χ0v) is 19.5. The van der Waals surface area contributed by atoms with Gasteiger partial charge in [-0.05, 0) is 32.0 Å². The lowest BCUT2D eigenvalue weighted by molar-refractivity contribution is -0.143. The topological polar surface area (TPSA) is 126 Å². The van der Waals surface area contributed by atoms with Crippen molar-refractivity contribution in [2.24, 2.45) is 0 Å². The van der Waals surface area contributed by atoms with E-state index in [1.807, 2.05) is 0 Å². The number of aromatic nitrogens is 2. The van der Waals surface area contributed by atoms with Crippen LogP contribution in [0.25, 0.3) is 10.9 Å². The Bertz CT molecular complexity index is 1470. The van der Waals surface area contributed by atoms with Crippen LogP contribution in [0.1, 0.15) is 37.7 Å². The number of anilines is 1. The summed E-state index contributed by atoms with van der Waals surface area (Å²) >= 11 is 0. The van der Waals surface area contributed by atoms with Crippen molar-refractivity contribution in [2.75, 3.05) is 12.0 Å². The lowest BCUT2D eigenvalue weighted by Gasteiger charge is -2.41. The van der Waals surface area contributed by atoms with E-state index in [4.69, 9.17) is 4.74 Å². The summed E-state index contributed by atoms with van der Waals surface area (Å²) in [6.07, 6.45) is -0.935. The van der Waals surface area contributed by atoms with E-state index in [1.165, 1.54) is 11.7 Å². The summed E-state index contributed by atoms with van der Waals surface area (Å²) < 4.78 is 6.92. The van der Waals surface area contributed by atoms with Gasteiger partial charge in [-0.25, -0.2) is 4.98 Å². The van der Waals surface area contributed by atoms with Gasteiger partial charge in [0.2, 0.25) is 11.8 Å². The summed E-state index contributed by atoms with van der Waals surface area (Å²) in [6, 6.07) is 12.4. The van der Waals surface area contributed by atoms with Gasteiger partial charge in [0, 0.05) is 19.1 Å². The van der Waals surface area contributed by atoms with Crippen molar-refractivity contribution in [3.8, 4) is 0 Å². The van der Waals surface area contributed by atoms with Gasteiger partial charge in [0.25, 0.3) is 5.56 Å². The molecule has 3 unspecified atom stereocenters. The van der Waals surface area contributed by atoms with E-state index in [2.05, 4.69) is 15.6 Å². The monoisotopic (exact) mass is 475 g/mol. The van der Waals surface area contributed by atoms with Gasteiger partial charge in [-0.15, -0.1) is 0 Å². The van der Waals surface area contributed by atoms with Gasteiger partial charge in [-0.3, -0.25) is 29.2 Å². The number of carbonyl (C=O) groups excluding carboxylic acids is 2. The molecule has 1 aromatic heterocycles. The third kappa shape index (κ3) is 2.81. The molecule has 0 aliphatic carbocycles. The molecule has 10 nitrogen and oxygen atoms in total. The maximum Gasteiger partial charge on any atom is 0.262 e. The number of fused-ring (bicyclic) bond motifs is 5. The molecule has 1 saturated heterocycles. The second kappa shape index (κ2) is 7.20. The molecule has 180 valence electrons. The fourth-order valence-electron chi connectivity index (χ4n) is 5.63. The average Bonchev–Trinajstić information content (AvgIpc) is 3.28. The Balaban J connectivity index is 1.55. The highest BCUT2D eigenvalue weighted by Gasteiger charge is 2.59. The van der Waals surface area contributed by atoms with Crippen LogP contribution >= 0.6 is 0 Å². The molecular weight excluding hydrogens is 450 g/mol. The molecular formula is C25H25N5O5. The van der Waals surface area contributed by atoms with Gasteiger partial charge in [0.15, 0.2) is 11.5 Å². The minimum atomic E-state index is -1.64. The number of aliphatic hydroxyl groups is 1. The summed E-state index contributed by atoms with van der Waals surface area (Å²) in [5.41, 5.74) is -1.78. The fourth-order valence-corrected chi connectivity index (χ4v) is 5.63. The molecule has 2 amide bonds. The maximum atomic E-state index is 13.7. The Hall–Kier alpha value is -3.60. The first-order chi connectivity index (χ1) is 16.7. The number of hydrogen-bond donors (Lipinski definition) is 3. The molecule has 0 saturated carbocycles. The van der Waals surface area contributed by atoms with Gasteiger partial charge >= 0.3 is 0 Å². The number of hydrogen-bond acceptors (Lipinski definition) is 7. The first-order valence-electron chi connectivity index (χ1n) is 11.5. The molecule has 1 fully saturated rings. The van der Waals surface area contributed by atoms with E-state index in [0.29, 0.717) is 22.2 Å². The molecule has 0 radical (unpaired) electrons. The standard InChI is InChI=1S/C25H25N5O5/c1-13-20(32)29-17-11-7-5-9-15(17)25(34,23(29)26-13)12-18-19(31)28-24(2,35-3)22-27-16-10-6-4-8-14(16)21(33)30(18)22/h4-11,13,18,23,26,34H,12H2,1-3H3,(H,28,31)/t13?,18?,23-,24?,25-/m0/s1. The predicted octanol–water partition coefficient (Wildman–Crippen LogP) is 0.829. The average molecular weight is 476 g/mol. The normalized spacial score (nSPS) is 31.3. The first-order valence-corrected chi connectivity index (χ1v) is 11.5. The van der Waals surface area contributed by atoms with Crippen molar-refractivity contribution in [1.29, 1.82) is 0 Å². The largest absolute Gasteiger partial charge is 0.381 e. The number of nitrogens with zero attached hydrogens (tertiary/aromatic N) is 3. The van der Waals surface area contributed by atoms with Crippen molar-refractivity contribution in [3.63, 3.8) is 0 Å². The number of benzene rings is 2. The minimum Gasteiger partial charge on any atom is -0.381 e. The van der Waals surface area contributed by atoms with Crippen LogP contribution in [0.3, 0.4) is 0 Å². The van der Waals surface area contributed by atoms with E-state index >= 15 is 0 Å². The lowest BCUT2D eigenvalue weighted by Crippen LogP contribution is -2.59. The summed E-state index contributed by atoms with van der Waals surface area (Å²) in [4.78, 5) is 46.3. The fraction of sp³-hybridized carbons (Fsp3) is 0.360. The van der Waals surface area contributed by atoms with Crippen molar-refractivity contribution >= 4 is 28.4 Å². The van der Waals surface area contributed by atoms with Crippen LogP contribution in [0.5, 0.6) is 0 Å².